The third-order valence-electron chi connectivity index (χ3n) is 3.80. The van der Waals surface area contributed by atoms with Crippen molar-refractivity contribution in [3.8, 4) is 0 Å². The van der Waals surface area contributed by atoms with Crippen LogP contribution in [0.2, 0.25) is 0 Å². The lowest BCUT2D eigenvalue weighted by atomic mass is 9.97. The zero-order valence-electron chi connectivity index (χ0n) is 13.6. The largest absolute Gasteiger partial charge is 0.444 e. The molecule has 0 aromatic carbocycles. The Kier molecular flexibility index (Phi) is 3.83. The zero-order chi connectivity index (χ0) is 16.6. The Bertz CT molecular complexity index is 773. The number of carbonyl (C=O) groups excluding carboxylic acids is 1. The fourth-order valence-electron chi connectivity index (χ4n) is 2.81. The van der Waals surface area contributed by atoms with E-state index in [2.05, 4.69) is 15.1 Å². The normalized spacial score (nSPS) is 19.1. The van der Waals surface area contributed by atoms with Crippen LogP contribution in [-0.2, 0) is 4.74 Å². The first-order valence-corrected chi connectivity index (χ1v) is 7.74. The number of imidazole rings is 1. The van der Waals surface area contributed by atoms with Gasteiger partial charge < -0.3 is 14.6 Å². The minimum atomic E-state index is -0.515. The molecule has 3 rings (SSSR count). The molecule has 0 radical (unpaired) electrons. The van der Waals surface area contributed by atoms with Crippen LogP contribution in [0.4, 0.5) is 4.79 Å². The number of piperidine rings is 1. The van der Waals surface area contributed by atoms with Crippen LogP contribution in [-0.4, -0.2) is 49.3 Å². The van der Waals surface area contributed by atoms with E-state index in [1.807, 2.05) is 20.8 Å². The first kappa shape index (κ1) is 15.5. The minimum absolute atomic E-state index is 0.0352. The lowest BCUT2D eigenvalue weighted by Crippen LogP contribution is -2.42. The Morgan fingerprint density at radius 3 is 2.96 bits per heavy atom. The highest BCUT2D eigenvalue weighted by atomic mass is 16.6. The van der Waals surface area contributed by atoms with Crippen LogP contribution < -0.4 is 5.56 Å². The third kappa shape index (κ3) is 3.20. The second-order valence-electron chi connectivity index (χ2n) is 6.80. The van der Waals surface area contributed by atoms with Crippen LogP contribution in [0.5, 0.6) is 0 Å². The molecule has 0 spiro atoms. The summed E-state index contributed by atoms with van der Waals surface area (Å²) in [6.45, 7) is 6.74. The van der Waals surface area contributed by atoms with Crippen molar-refractivity contribution in [3.63, 3.8) is 0 Å². The van der Waals surface area contributed by atoms with Gasteiger partial charge in [0.05, 0.1) is 6.20 Å². The maximum atomic E-state index is 12.3. The van der Waals surface area contributed by atoms with E-state index in [-0.39, 0.29) is 17.6 Å². The summed E-state index contributed by atoms with van der Waals surface area (Å²) in [4.78, 5) is 32.6. The Balaban J connectivity index is 1.82. The van der Waals surface area contributed by atoms with E-state index in [0.29, 0.717) is 24.4 Å². The van der Waals surface area contributed by atoms with Gasteiger partial charge in [0.15, 0.2) is 5.52 Å². The Labute approximate surface area is 133 Å². The molecule has 1 amide bonds. The topological polar surface area (TPSA) is 92.6 Å². The van der Waals surface area contributed by atoms with E-state index in [9.17, 15) is 9.59 Å². The van der Waals surface area contributed by atoms with Crippen molar-refractivity contribution in [1.82, 2.24) is 24.5 Å². The molecule has 8 heteroatoms. The molecular weight excluding hydrogens is 298 g/mol. The number of nitrogens with one attached hydrogen (secondary N) is 1. The van der Waals surface area contributed by atoms with Gasteiger partial charge in [-0.25, -0.2) is 14.3 Å². The van der Waals surface area contributed by atoms with Crippen LogP contribution in [0, 0.1) is 0 Å². The van der Waals surface area contributed by atoms with Crippen molar-refractivity contribution in [2.24, 2.45) is 0 Å². The van der Waals surface area contributed by atoms with Crippen molar-refractivity contribution in [3.05, 3.63) is 28.7 Å². The second-order valence-corrected chi connectivity index (χ2v) is 6.80. The molecule has 124 valence electrons. The van der Waals surface area contributed by atoms with Crippen LogP contribution in [0.25, 0.3) is 5.52 Å². The predicted octanol–water partition coefficient (Wildman–Crippen LogP) is 1.53. The van der Waals surface area contributed by atoms with Crippen molar-refractivity contribution in [1.29, 1.82) is 0 Å². The number of hydrogen-bond donors (Lipinski definition) is 1. The molecular formula is C15H21N5O3. The highest BCUT2D eigenvalue weighted by molar-refractivity contribution is 5.68. The van der Waals surface area contributed by atoms with Gasteiger partial charge in [0.25, 0.3) is 5.56 Å². The van der Waals surface area contributed by atoms with Gasteiger partial charge in [0.2, 0.25) is 0 Å². The molecule has 1 fully saturated rings. The maximum Gasteiger partial charge on any atom is 0.410 e. The zero-order valence-corrected chi connectivity index (χ0v) is 13.6. The lowest BCUT2D eigenvalue weighted by molar-refractivity contribution is 0.0195. The Morgan fingerprint density at radius 2 is 2.22 bits per heavy atom. The quantitative estimate of drug-likeness (QED) is 0.860. The van der Waals surface area contributed by atoms with E-state index in [0.717, 1.165) is 12.8 Å². The van der Waals surface area contributed by atoms with Gasteiger partial charge in [0.1, 0.15) is 17.8 Å². The molecule has 1 N–H and O–H groups in total. The molecule has 1 aliphatic rings. The average Bonchev–Trinajstić information content (AvgIpc) is 2.91. The first-order chi connectivity index (χ1) is 10.8. The number of rotatable bonds is 1. The Hall–Kier alpha value is -2.38. The van der Waals surface area contributed by atoms with E-state index < -0.39 is 5.60 Å². The second kappa shape index (κ2) is 5.68. The maximum absolute atomic E-state index is 12.3. The van der Waals surface area contributed by atoms with Gasteiger partial charge in [-0.3, -0.25) is 4.79 Å². The number of amides is 1. The van der Waals surface area contributed by atoms with Crippen molar-refractivity contribution >= 4 is 11.6 Å². The Morgan fingerprint density at radius 1 is 1.43 bits per heavy atom. The molecule has 0 saturated carbocycles. The molecule has 23 heavy (non-hydrogen) atoms. The fourth-order valence-corrected chi connectivity index (χ4v) is 2.81. The highest BCUT2D eigenvalue weighted by Crippen LogP contribution is 2.26. The third-order valence-corrected chi connectivity index (χ3v) is 3.80. The number of aromatic nitrogens is 4. The monoisotopic (exact) mass is 319 g/mol. The molecule has 1 saturated heterocycles. The molecule has 0 aliphatic carbocycles. The van der Waals surface area contributed by atoms with Crippen LogP contribution in [0.15, 0.2) is 17.3 Å². The summed E-state index contributed by atoms with van der Waals surface area (Å²) in [5, 5.41) is 4.17. The summed E-state index contributed by atoms with van der Waals surface area (Å²) in [5.74, 6) is 0.743. The first-order valence-electron chi connectivity index (χ1n) is 7.74. The lowest BCUT2D eigenvalue weighted by Gasteiger charge is -2.33. The standard InChI is InChI=1S/C15H21N5O3/c1-15(2,3)23-14(22)19-6-4-5-10(8-19)12-16-7-11-13(21)17-9-18-20(11)12/h7,9-10H,4-6,8H2,1-3H3,(H,17,18,21). The molecule has 1 unspecified atom stereocenters. The van der Waals surface area contributed by atoms with E-state index >= 15 is 0 Å². The van der Waals surface area contributed by atoms with Crippen LogP contribution >= 0.6 is 0 Å². The molecule has 3 heterocycles. The highest BCUT2D eigenvalue weighted by Gasteiger charge is 2.30. The van der Waals surface area contributed by atoms with Crippen molar-refractivity contribution in [2.45, 2.75) is 45.1 Å². The van der Waals surface area contributed by atoms with Gasteiger partial charge in [-0.05, 0) is 33.6 Å². The molecule has 0 bridgehead atoms. The number of carbonyl (C=O) groups is 1. The number of fused-ring (bicyclic) bond motifs is 1. The molecule has 8 nitrogen and oxygen atoms in total. The number of H-pyrrole nitrogens is 1. The summed E-state index contributed by atoms with van der Waals surface area (Å²) in [5.41, 5.74) is -0.325. The molecule has 1 aliphatic heterocycles. The van der Waals surface area contributed by atoms with Crippen molar-refractivity contribution in [2.75, 3.05) is 13.1 Å². The van der Waals surface area contributed by atoms with E-state index in [1.165, 1.54) is 12.5 Å². The summed E-state index contributed by atoms with van der Waals surface area (Å²) < 4.78 is 7.00. The average molecular weight is 319 g/mol. The van der Waals surface area contributed by atoms with Gasteiger partial charge >= 0.3 is 6.09 Å². The van der Waals surface area contributed by atoms with Gasteiger partial charge in [0, 0.05) is 19.0 Å². The number of aromatic amines is 1. The number of hydrogen-bond acceptors (Lipinski definition) is 5. The fraction of sp³-hybridized carbons (Fsp3) is 0.600. The van der Waals surface area contributed by atoms with Gasteiger partial charge in [-0.2, -0.15) is 5.10 Å². The van der Waals surface area contributed by atoms with Crippen molar-refractivity contribution < 1.29 is 9.53 Å². The molecule has 2 aromatic rings. The number of nitrogens with zero attached hydrogens (tertiary/aromatic N) is 4. The van der Waals surface area contributed by atoms with Crippen LogP contribution in [0.3, 0.4) is 0 Å². The van der Waals surface area contributed by atoms with Gasteiger partial charge in [-0.15, -0.1) is 0 Å². The summed E-state index contributed by atoms with van der Waals surface area (Å²) in [6, 6.07) is 0. The SMILES string of the molecule is CC(C)(C)OC(=O)N1CCCC(c2ncc3c(=O)[nH]cnn23)C1. The molecule has 1 atom stereocenters. The van der Waals surface area contributed by atoms with Gasteiger partial charge in [-0.1, -0.05) is 0 Å². The molecule has 2 aromatic heterocycles. The summed E-state index contributed by atoms with van der Waals surface area (Å²) in [7, 11) is 0. The smallest absolute Gasteiger partial charge is 0.410 e. The predicted molar refractivity (Wildman–Crippen MR) is 83.4 cm³/mol. The number of likely N-dealkylation sites (tertiary alicyclic amines) is 1. The van der Waals surface area contributed by atoms with E-state index in [1.54, 1.807) is 9.42 Å². The summed E-state index contributed by atoms with van der Waals surface area (Å²) in [6.07, 6.45) is 4.33. The van der Waals surface area contributed by atoms with Crippen LogP contribution in [0.1, 0.15) is 45.4 Å². The minimum Gasteiger partial charge on any atom is -0.444 e. The van der Waals surface area contributed by atoms with E-state index in [4.69, 9.17) is 4.74 Å². The summed E-state index contributed by atoms with van der Waals surface area (Å²) >= 11 is 0. The number of ether oxygens (including phenoxy) is 1.